The van der Waals surface area contributed by atoms with Crippen LogP contribution in [0, 0.1) is 0 Å². The van der Waals surface area contributed by atoms with Crippen LogP contribution in [-0.2, 0) is 16.0 Å². The van der Waals surface area contributed by atoms with Crippen molar-refractivity contribution in [1.82, 2.24) is 0 Å². The summed E-state index contributed by atoms with van der Waals surface area (Å²) in [7, 11) is 1.39. The van der Waals surface area contributed by atoms with Crippen LogP contribution in [0.15, 0.2) is 72.8 Å². The number of benzene rings is 3. The molecular formula is C25H26O6. The SMILES string of the molecule is CO[C@@H](Cc1ccc(OCCCOc2ccc(-c3cccc(O)c3)cc2)cc1)C(=O)O. The van der Waals surface area contributed by atoms with Crippen LogP contribution < -0.4 is 9.47 Å². The fraction of sp³-hybridized carbons (Fsp3) is 0.240. The van der Waals surface area contributed by atoms with Crippen LogP contribution in [0.1, 0.15) is 12.0 Å². The molecule has 6 nitrogen and oxygen atoms in total. The van der Waals surface area contributed by atoms with Gasteiger partial charge in [-0.15, -0.1) is 0 Å². The molecule has 0 spiro atoms. The topological polar surface area (TPSA) is 85.2 Å². The van der Waals surface area contributed by atoms with Gasteiger partial charge in [0.2, 0.25) is 0 Å². The molecule has 3 rings (SSSR count). The van der Waals surface area contributed by atoms with Crippen molar-refractivity contribution >= 4 is 5.97 Å². The zero-order valence-corrected chi connectivity index (χ0v) is 17.4. The maximum absolute atomic E-state index is 11.0. The highest BCUT2D eigenvalue weighted by molar-refractivity contribution is 5.72. The summed E-state index contributed by atoms with van der Waals surface area (Å²) in [5.74, 6) is 0.770. The van der Waals surface area contributed by atoms with E-state index in [-0.39, 0.29) is 5.75 Å². The number of carboxylic acids is 1. The summed E-state index contributed by atoms with van der Waals surface area (Å²) in [5.41, 5.74) is 2.83. The number of rotatable bonds is 11. The van der Waals surface area contributed by atoms with E-state index in [0.29, 0.717) is 19.6 Å². The molecule has 0 radical (unpaired) electrons. The molecule has 0 aromatic heterocycles. The Labute approximate surface area is 181 Å². The molecule has 162 valence electrons. The Morgan fingerprint density at radius 3 is 2.03 bits per heavy atom. The van der Waals surface area contributed by atoms with Gasteiger partial charge in [0.1, 0.15) is 17.2 Å². The van der Waals surface area contributed by atoms with Gasteiger partial charge >= 0.3 is 5.97 Å². The fourth-order valence-electron chi connectivity index (χ4n) is 3.08. The van der Waals surface area contributed by atoms with Gasteiger partial charge in [0.15, 0.2) is 6.10 Å². The summed E-state index contributed by atoms with van der Waals surface area (Å²) < 4.78 is 16.4. The van der Waals surface area contributed by atoms with Gasteiger partial charge in [-0.2, -0.15) is 0 Å². The number of phenolic OH excluding ortho intramolecular Hbond substituents is 1. The number of carboxylic acid groups (broad SMARTS) is 1. The van der Waals surface area contributed by atoms with Crippen LogP contribution in [0.3, 0.4) is 0 Å². The van der Waals surface area contributed by atoms with E-state index in [4.69, 9.17) is 19.3 Å². The Bertz CT molecular complexity index is 966. The highest BCUT2D eigenvalue weighted by atomic mass is 16.5. The monoisotopic (exact) mass is 422 g/mol. The number of carbonyl (C=O) groups is 1. The highest BCUT2D eigenvalue weighted by Crippen LogP contribution is 2.25. The molecule has 3 aromatic carbocycles. The van der Waals surface area contributed by atoms with E-state index in [1.54, 1.807) is 12.1 Å². The van der Waals surface area contributed by atoms with Gasteiger partial charge in [0, 0.05) is 20.0 Å². The van der Waals surface area contributed by atoms with Crippen molar-refractivity contribution in [3.63, 3.8) is 0 Å². The summed E-state index contributed by atoms with van der Waals surface area (Å²) in [5, 5.41) is 18.6. The van der Waals surface area contributed by atoms with Crippen LogP contribution in [0.25, 0.3) is 11.1 Å². The molecule has 1 atom stereocenters. The molecule has 0 saturated heterocycles. The Balaban J connectivity index is 1.39. The van der Waals surface area contributed by atoms with Crippen molar-refractivity contribution in [3.8, 4) is 28.4 Å². The lowest BCUT2D eigenvalue weighted by molar-refractivity contribution is -0.148. The Kier molecular flexibility index (Phi) is 7.90. The van der Waals surface area contributed by atoms with Crippen molar-refractivity contribution in [2.45, 2.75) is 18.9 Å². The zero-order chi connectivity index (χ0) is 22.1. The molecule has 0 bridgehead atoms. The van der Waals surface area contributed by atoms with Crippen molar-refractivity contribution in [2.75, 3.05) is 20.3 Å². The van der Waals surface area contributed by atoms with Crippen LogP contribution in [-0.4, -0.2) is 42.6 Å². The molecule has 6 heteroatoms. The Hall–Kier alpha value is -3.51. The van der Waals surface area contributed by atoms with E-state index in [1.165, 1.54) is 7.11 Å². The normalized spacial score (nSPS) is 11.6. The summed E-state index contributed by atoms with van der Waals surface area (Å²) >= 11 is 0. The maximum atomic E-state index is 11.0. The number of ether oxygens (including phenoxy) is 3. The Morgan fingerprint density at radius 1 is 0.871 bits per heavy atom. The number of phenols is 1. The minimum Gasteiger partial charge on any atom is -0.508 e. The molecule has 0 fully saturated rings. The van der Waals surface area contributed by atoms with E-state index in [0.717, 1.165) is 34.6 Å². The second kappa shape index (κ2) is 11.0. The average molecular weight is 422 g/mol. The lowest BCUT2D eigenvalue weighted by atomic mass is 10.1. The van der Waals surface area contributed by atoms with Gasteiger partial charge in [-0.25, -0.2) is 4.79 Å². The first-order valence-electron chi connectivity index (χ1n) is 10.0. The van der Waals surface area contributed by atoms with Crippen LogP contribution in [0.5, 0.6) is 17.2 Å². The van der Waals surface area contributed by atoms with Crippen LogP contribution >= 0.6 is 0 Å². The Morgan fingerprint density at radius 2 is 1.48 bits per heavy atom. The van der Waals surface area contributed by atoms with Crippen molar-refractivity contribution < 1.29 is 29.2 Å². The minimum absolute atomic E-state index is 0.242. The third-order valence-electron chi connectivity index (χ3n) is 4.76. The summed E-state index contributed by atoms with van der Waals surface area (Å²) in [6.07, 6.45) is 0.184. The molecule has 0 aliphatic heterocycles. The molecule has 31 heavy (non-hydrogen) atoms. The fourth-order valence-corrected chi connectivity index (χ4v) is 3.08. The molecule has 0 saturated carbocycles. The summed E-state index contributed by atoms with van der Waals surface area (Å²) in [6.45, 7) is 1.04. The lowest BCUT2D eigenvalue weighted by Crippen LogP contribution is -2.24. The van der Waals surface area contributed by atoms with E-state index in [1.807, 2.05) is 60.7 Å². The first kappa shape index (κ1) is 22.2. The quantitative estimate of drug-likeness (QED) is 0.441. The molecule has 0 heterocycles. The molecule has 0 amide bonds. The zero-order valence-electron chi connectivity index (χ0n) is 17.4. The largest absolute Gasteiger partial charge is 0.508 e. The number of aromatic hydroxyl groups is 1. The van der Waals surface area contributed by atoms with Gasteiger partial charge in [0.05, 0.1) is 13.2 Å². The first-order valence-corrected chi connectivity index (χ1v) is 10.0. The second-order valence-electron chi connectivity index (χ2n) is 7.04. The van der Waals surface area contributed by atoms with Gasteiger partial charge in [-0.3, -0.25) is 0 Å². The minimum atomic E-state index is -0.975. The number of hydrogen-bond acceptors (Lipinski definition) is 5. The smallest absolute Gasteiger partial charge is 0.333 e. The first-order chi connectivity index (χ1) is 15.0. The number of hydrogen-bond donors (Lipinski definition) is 2. The van der Waals surface area contributed by atoms with E-state index in [2.05, 4.69) is 0 Å². The number of methoxy groups -OCH3 is 1. The lowest BCUT2D eigenvalue weighted by Gasteiger charge is -2.11. The number of aliphatic carboxylic acids is 1. The van der Waals surface area contributed by atoms with Gasteiger partial charge < -0.3 is 24.4 Å². The van der Waals surface area contributed by atoms with Crippen molar-refractivity contribution in [3.05, 3.63) is 78.4 Å². The van der Waals surface area contributed by atoms with Crippen LogP contribution in [0.2, 0.25) is 0 Å². The van der Waals surface area contributed by atoms with Gasteiger partial charge in [-0.1, -0.05) is 36.4 Å². The molecular weight excluding hydrogens is 396 g/mol. The third kappa shape index (κ3) is 6.76. The van der Waals surface area contributed by atoms with Crippen molar-refractivity contribution in [1.29, 1.82) is 0 Å². The predicted molar refractivity (Wildman–Crippen MR) is 118 cm³/mol. The van der Waals surface area contributed by atoms with Gasteiger partial charge in [-0.05, 0) is 53.1 Å². The highest BCUT2D eigenvalue weighted by Gasteiger charge is 2.16. The summed E-state index contributed by atoms with van der Waals surface area (Å²) in [4.78, 5) is 11.0. The summed E-state index contributed by atoms with van der Waals surface area (Å²) in [6, 6.07) is 22.2. The van der Waals surface area contributed by atoms with E-state index < -0.39 is 12.1 Å². The third-order valence-corrected chi connectivity index (χ3v) is 4.76. The molecule has 0 aliphatic rings. The maximum Gasteiger partial charge on any atom is 0.333 e. The standard InChI is InChI=1S/C25H26O6/c1-29-24(25(27)28)16-18-6-10-22(11-7-18)30-14-3-15-31-23-12-8-19(9-13-23)20-4-2-5-21(26)17-20/h2,4-13,17,24,26H,3,14-16H2,1H3,(H,27,28)/t24-/m0/s1. The van der Waals surface area contributed by atoms with Crippen molar-refractivity contribution in [2.24, 2.45) is 0 Å². The van der Waals surface area contributed by atoms with Gasteiger partial charge in [0.25, 0.3) is 0 Å². The molecule has 3 aromatic rings. The average Bonchev–Trinajstić information content (AvgIpc) is 2.78. The predicted octanol–water partition coefficient (Wildman–Crippen LogP) is 4.55. The molecule has 0 aliphatic carbocycles. The van der Waals surface area contributed by atoms with Crippen LogP contribution in [0.4, 0.5) is 0 Å². The van der Waals surface area contributed by atoms with E-state index in [9.17, 15) is 9.90 Å². The molecule has 2 N–H and O–H groups in total. The van der Waals surface area contributed by atoms with E-state index >= 15 is 0 Å². The molecule has 0 unspecified atom stereocenters. The second-order valence-corrected chi connectivity index (χ2v) is 7.04.